The summed E-state index contributed by atoms with van der Waals surface area (Å²) >= 11 is 12.2. The first-order valence-corrected chi connectivity index (χ1v) is 17.4. The number of carbonyl (C=O) groups excluding carboxylic acids is 2. The number of hydrogen-bond acceptors (Lipinski definition) is 5. The van der Waals surface area contributed by atoms with Crippen molar-refractivity contribution in [2.24, 2.45) is 0 Å². The molecule has 11 heteroatoms. The van der Waals surface area contributed by atoms with Gasteiger partial charge in [0.1, 0.15) is 18.3 Å². The maximum absolute atomic E-state index is 14.6. The van der Waals surface area contributed by atoms with Gasteiger partial charge in [-0.2, -0.15) is 0 Å². The first kappa shape index (κ1) is 35.8. The van der Waals surface area contributed by atoms with E-state index in [9.17, 15) is 18.0 Å². The van der Waals surface area contributed by atoms with E-state index in [-0.39, 0.29) is 29.5 Å². The summed E-state index contributed by atoms with van der Waals surface area (Å²) in [5.74, 6) is -0.384. The first-order chi connectivity index (χ1) is 22.3. The molecule has 0 bridgehead atoms. The summed E-state index contributed by atoms with van der Waals surface area (Å²) in [7, 11) is -4.27. The zero-order chi connectivity index (χ0) is 34.2. The van der Waals surface area contributed by atoms with Crippen molar-refractivity contribution in [3.8, 4) is 5.75 Å². The zero-order valence-electron chi connectivity index (χ0n) is 26.8. The molecule has 0 aromatic heterocycles. The number of sulfonamides is 1. The predicted octanol–water partition coefficient (Wildman–Crippen LogP) is 7.14. The van der Waals surface area contributed by atoms with Crippen LogP contribution in [-0.2, 0) is 32.6 Å². The smallest absolute Gasteiger partial charge is 0.264 e. The van der Waals surface area contributed by atoms with Gasteiger partial charge in [-0.15, -0.1) is 0 Å². The van der Waals surface area contributed by atoms with Gasteiger partial charge in [0.2, 0.25) is 11.8 Å². The van der Waals surface area contributed by atoms with Crippen LogP contribution in [0.3, 0.4) is 0 Å². The van der Waals surface area contributed by atoms with E-state index in [1.165, 1.54) is 29.2 Å². The maximum atomic E-state index is 14.6. The Morgan fingerprint density at radius 1 is 0.809 bits per heavy atom. The molecule has 47 heavy (non-hydrogen) atoms. The van der Waals surface area contributed by atoms with Gasteiger partial charge < -0.3 is 15.0 Å². The van der Waals surface area contributed by atoms with Crippen LogP contribution < -0.4 is 14.4 Å². The highest BCUT2D eigenvalue weighted by molar-refractivity contribution is 7.92. The molecule has 4 aromatic rings. The summed E-state index contributed by atoms with van der Waals surface area (Å²) in [5, 5.41) is 3.91. The quantitative estimate of drug-likeness (QED) is 0.160. The number of ether oxygens (including phenoxy) is 1. The lowest BCUT2D eigenvalue weighted by Gasteiger charge is -2.35. The van der Waals surface area contributed by atoms with Gasteiger partial charge in [-0.1, -0.05) is 65.7 Å². The lowest BCUT2D eigenvalue weighted by molar-refractivity contribution is -0.140. The monoisotopic (exact) mass is 695 g/mol. The molecule has 0 spiro atoms. The van der Waals surface area contributed by atoms with Crippen molar-refractivity contribution in [2.45, 2.75) is 57.1 Å². The van der Waals surface area contributed by atoms with Crippen LogP contribution in [0.5, 0.6) is 5.75 Å². The standard InChI is InChI=1S/C36H39Cl2N3O5S/c1-5-46-31-19-17-30(18-20-31)41(47(44,45)32-21-15-29(38)16-22-32)25-34(42)40(24-27-11-13-28(37)14-12-27)33(35(43)39-36(2,3)4)23-26-9-7-6-8-10-26/h6-22,33H,5,23-25H2,1-4H3,(H,39,43)/t33-/m0/s1. The molecular weight excluding hydrogens is 657 g/mol. The summed E-state index contributed by atoms with van der Waals surface area (Å²) in [6, 6.07) is 27.6. The minimum atomic E-state index is -4.27. The molecule has 0 aliphatic carbocycles. The van der Waals surface area contributed by atoms with Crippen LogP contribution in [0.15, 0.2) is 108 Å². The Balaban J connectivity index is 1.81. The highest BCUT2D eigenvalue weighted by Gasteiger charge is 2.35. The molecule has 0 heterocycles. The van der Waals surface area contributed by atoms with Gasteiger partial charge in [-0.05, 0) is 99.5 Å². The molecule has 4 aromatic carbocycles. The Hall–Kier alpha value is -4.05. The Bertz CT molecular complexity index is 1740. The largest absolute Gasteiger partial charge is 0.494 e. The van der Waals surface area contributed by atoms with Crippen molar-refractivity contribution in [1.29, 1.82) is 0 Å². The lowest BCUT2D eigenvalue weighted by atomic mass is 10.0. The van der Waals surface area contributed by atoms with Crippen molar-refractivity contribution in [2.75, 3.05) is 17.5 Å². The van der Waals surface area contributed by atoms with Crippen LogP contribution in [0.25, 0.3) is 0 Å². The number of anilines is 1. The van der Waals surface area contributed by atoms with E-state index in [0.29, 0.717) is 22.4 Å². The number of halogens is 2. The van der Waals surface area contributed by atoms with Crippen molar-refractivity contribution in [3.63, 3.8) is 0 Å². The van der Waals surface area contributed by atoms with Crippen molar-refractivity contribution < 1.29 is 22.7 Å². The Morgan fingerprint density at radius 3 is 1.94 bits per heavy atom. The Labute approximate surface area is 287 Å². The highest BCUT2D eigenvalue weighted by atomic mass is 35.5. The number of benzene rings is 4. The molecule has 248 valence electrons. The second-order valence-electron chi connectivity index (χ2n) is 12.0. The van der Waals surface area contributed by atoms with E-state index in [2.05, 4.69) is 5.32 Å². The van der Waals surface area contributed by atoms with Gasteiger partial charge in [-0.25, -0.2) is 8.42 Å². The molecule has 0 aliphatic heterocycles. The van der Waals surface area contributed by atoms with Crippen molar-refractivity contribution in [1.82, 2.24) is 10.2 Å². The van der Waals surface area contributed by atoms with E-state index in [4.69, 9.17) is 27.9 Å². The van der Waals surface area contributed by atoms with E-state index in [0.717, 1.165) is 15.4 Å². The molecule has 0 aliphatic rings. The number of carbonyl (C=O) groups is 2. The van der Waals surface area contributed by atoms with Crippen LogP contribution >= 0.6 is 23.2 Å². The molecular formula is C36H39Cl2N3O5S. The second-order valence-corrected chi connectivity index (χ2v) is 14.7. The van der Waals surface area contributed by atoms with Crippen molar-refractivity contribution >= 4 is 50.7 Å². The highest BCUT2D eigenvalue weighted by Crippen LogP contribution is 2.28. The average Bonchev–Trinajstić information content (AvgIpc) is 3.03. The summed E-state index contributed by atoms with van der Waals surface area (Å²) in [5.41, 5.74) is 1.22. The number of nitrogens with zero attached hydrogens (tertiary/aromatic N) is 2. The maximum Gasteiger partial charge on any atom is 0.264 e. The second kappa shape index (κ2) is 15.7. The fourth-order valence-electron chi connectivity index (χ4n) is 4.93. The molecule has 0 unspecified atom stereocenters. The lowest BCUT2D eigenvalue weighted by Crippen LogP contribution is -2.56. The normalized spacial score (nSPS) is 12.2. The number of amides is 2. The van der Waals surface area contributed by atoms with Gasteiger partial charge in [0.25, 0.3) is 10.0 Å². The molecule has 0 radical (unpaired) electrons. The molecule has 4 rings (SSSR count). The fourth-order valence-corrected chi connectivity index (χ4v) is 6.60. The van der Waals surface area contributed by atoms with E-state index in [1.807, 2.05) is 58.0 Å². The molecule has 0 saturated carbocycles. The summed E-state index contributed by atoms with van der Waals surface area (Å²) in [4.78, 5) is 29.9. The molecule has 1 atom stereocenters. The van der Waals surface area contributed by atoms with Gasteiger partial charge in [-0.3, -0.25) is 13.9 Å². The molecule has 2 amide bonds. The minimum Gasteiger partial charge on any atom is -0.494 e. The van der Waals surface area contributed by atoms with E-state index in [1.54, 1.807) is 48.5 Å². The number of nitrogens with one attached hydrogen (secondary N) is 1. The van der Waals surface area contributed by atoms with E-state index < -0.39 is 34.1 Å². The Kier molecular flexibility index (Phi) is 12.0. The average molecular weight is 697 g/mol. The Morgan fingerprint density at radius 2 is 1.38 bits per heavy atom. The van der Waals surface area contributed by atoms with Crippen LogP contribution in [-0.4, -0.2) is 49.9 Å². The van der Waals surface area contributed by atoms with Crippen LogP contribution in [0.1, 0.15) is 38.8 Å². The minimum absolute atomic E-state index is 0.0309. The third-order valence-electron chi connectivity index (χ3n) is 7.15. The first-order valence-electron chi connectivity index (χ1n) is 15.2. The summed E-state index contributed by atoms with van der Waals surface area (Å²) in [6.07, 6.45) is 0.203. The van der Waals surface area contributed by atoms with Gasteiger partial charge in [0.05, 0.1) is 17.2 Å². The summed E-state index contributed by atoms with van der Waals surface area (Å²) < 4.78 is 35.0. The van der Waals surface area contributed by atoms with Gasteiger partial charge >= 0.3 is 0 Å². The third kappa shape index (κ3) is 9.97. The molecule has 0 fully saturated rings. The van der Waals surface area contributed by atoms with Crippen LogP contribution in [0, 0.1) is 0 Å². The van der Waals surface area contributed by atoms with Gasteiger partial charge in [0.15, 0.2) is 0 Å². The number of hydrogen-bond donors (Lipinski definition) is 1. The summed E-state index contributed by atoms with van der Waals surface area (Å²) in [6.45, 7) is 7.32. The molecule has 8 nitrogen and oxygen atoms in total. The molecule has 1 N–H and O–H groups in total. The third-order valence-corrected chi connectivity index (χ3v) is 9.44. The fraction of sp³-hybridized carbons (Fsp3) is 0.278. The zero-order valence-corrected chi connectivity index (χ0v) is 29.1. The number of rotatable bonds is 13. The topological polar surface area (TPSA) is 96.0 Å². The van der Waals surface area contributed by atoms with Gasteiger partial charge in [0, 0.05) is 28.5 Å². The molecule has 0 saturated heterocycles. The van der Waals surface area contributed by atoms with Crippen LogP contribution in [0.4, 0.5) is 5.69 Å². The SMILES string of the molecule is CCOc1ccc(N(CC(=O)N(Cc2ccc(Cl)cc2)[C@@H](Cc2ccccc2)C(=O)NC(C)(C)C)S(=O)(=O)c2ccc(Cl)cc2)cc1. The van der Waals surface area contributed by atoms with Crippen LogP contribution in [0.2, 0.25) is 10.0 Å². The van der Waals surface area contributed by atoms with E-state index >= 15 is 0 Å². The van der Waals surface area contributed by atoms with Crippen molar-refractivity contribution in [3.05, 3.63) is 124 Å². The predicted molar refractivity (Wildman–Crippen MR) is 187 cm³/mol.